The molecule has 9 nitrogen and oxygen atoms in total. The molecular weight excluding hydrogens is 314 g/mol. The molecule has 0 fully saturated rings. The fourth-order valence-corrected chi connectivity index (χ4v) is 2.42. The molecule has 5 N–H and O–H groups in total. The minimum Gasteiger partial charge on any atom is -0.748 e. The summed E-state index contributed by atoms with van der Waals surface area (Å²) in [7, 11) is -2.58. The summed E-state index contributed by atoms with van der Waals surface area (Å²) >= 11 is 0. The fraction of sp³-hybridized carbons (Fsp3) is 0.833. The normalized spacial score (nSPS) is 14.3. The van der Waals surface area contributed by atoms with Gasteiger partial charge in [-0.3, -0.25) is 9.59 Å². The van der Waals surface area contributed by atoms with E-state index in [4.69, 9.17) is 10.8 Å². The van der Waals surface area contributed by atoms with Crippen LogP contribution >= 0.6 is 0 Å². The van der Waals surface area contributed by atoms with Gasteiger partial charge < -0.3 is 25.6 Å². The molecule has 1 unspecified atom stereocenters. The van der Waals surface area contributed by atoms with E-state index in [1.54, 1.807) is 0 Å². The summed E-state index contributed by atoms with van der Waals surface area (Å²) in [4.78, 5) is 22.9. The van der Waals surface area contributed by atoms with Crippen molar-refractivity contribution in [2.75, 3.05) is 32.4 Å². The monoisotopic (exact) mass is 339 g/mol. The Balaban J connectivity index is 3.72. The number of nitrogens with two attached hydrogens (primary N) is 1. The summed E-state index contributed by atoms with van der Waals surface area (Å²) in [6.07, 6.45) is 2.55. The van der Waals surface area contributed by atoms with E-state index in [2.05, 4.69) is 5.32 Å². The molecule has 0 saturated carbocycles. The second-order valence-corrected chi connectivity index (χ2v) is 6.73. The molecule has 130 valence electrons. The predicted octanol–water partition coefficient (Wildman–Crippen LogP) is -2.87. The number of likely N-dealkylation sites (N-methyl/N-ethyl adjacent to an activating group) is 1. The van der Waals surface area contributed by atoms with Crippen LogP contribution in [0.4, 0.5) is 0 Å². The highest BCUT2D eigenvalue weighted by atomic mass is 32.2. The molecule has 0 heterocycles. The van der Waals surface area contributed by atoms with Crippen LogP contribution in [0.1, 0.15) is 25.7 Å². The van der Waals surface area contributed by atoms with Gasteiger partial charge in [-0.15, -0.1) is 0 Å². The van der Waals surface area contributed by atoms with Crippen LogP contribution in [-0.4, -0.2) is 68.4 Å². The number of quaternary nitrogens is 1. The first-order valence-corrected chi connectivity index (χ1v) is 8.69. The number of rotatable bonds is 12. The molecule has 0 spiro atoms. The number of carboxylic acid groups (broad SMARTS) is 1. The number of amides is 1. The molecule has 0 saturated heterocycles. The van der Waals surface area contributed by atoms with Gasteiger partial charge in [0.15, 0.2) is 0 Å². The largest absolute Gasteiger partial charge is 0.748 e. The van der Waals surface area contributed by atoms with Crippen molar-refractivity contribution in [2.24, 2.45) is 5.73 Å². The van der Waals surface area contributed by atoms with E-state index in [1.165, 1.54) is 0 Å². The van der Waals surface area contributed by atoms with Crippen LogP contribution in [0.25, 0.3) is 0 Å². The maximum atomic E-state index is 11.5. The van der Waals surface area contributed by atoms with Crippen molar-refractivity contribution < 1.29 is 32.6 Å². The van der Waals surface area contributed by atoms with Crippen molar-refractivity contribution in [1.82, 2.24) is 5.32 Å². The summed E-state index contributed by atoms with van der Waals surface area (Å²) < 4.78 is 31.5. The molecule has 0 aromatic rings. The highest BCUT2D eigenvalue weighted by molar-refractivity contribution is 7.85. The Labute approximate surface area is 130 Å². The van der Waals surface area contributed by atoms with Crippen LogP contribution in [0.3, 0.4) is 0 Å². The van der Waals surface area contributed by atoms with Gasteiger partial charge in [-0.1, -0.05) is 0 Å². The van der Waals surface area contributed by atoms with Crippen molar-refractivity contribution in [1.29, 1.82) is 0 Å². The van der Waals surface area contributed by atoms with Crippen LogP contribution in [0, 0.1) is 0 Å². The van der Waals surface area contributed by atoms with Crippen molar-refractivity contribution in [2.45, 2.75) is 31.7 Å². The van der Waals surface area contributed by atoms with Gasteiger partial charge in [0, 0.05) is 6.42 Å². The van der Waals surface area contributed by atoms with E-state index in [1.807, 2.05) is 7.05 Å². The second kappa shape index (κ2) is 10.5. The number of carbonyl (C=O) groups excluding carboxylic acids is 1. The highest BCUT2D eigenvalue weighted by Gasteiger charge is 2.16. The lowest BCUT2D eigenvalue weighted by molar-refractivity contribution is -0.878. The van der Waals surface area contributed by atoms with Gasteiger partial charge in [0.05, 0.1) is 48.6 Å². The summed E-state index contributed by atoms with van der Waals surface area (Å²) in [5.41, 5.74) is 5.31. The number of carboxylic acids is 1. The van der Waals surface area contributed by atoms with Crippen LogP contribution < -0.4 is 16.0 Å². The molecule has 0 aliphatic carbocycles. The summed E-state index contributed by atoms with van der Waals surface area (Å²) in [6.45, 7) is 1.80. The minimum atomic E-state index is -4.52. The van der Waals surface area contributed by atoms with Crippen molar-refractivity contribution in [3.8, 4) is 0 Å². The quantitative estimate of drug-likeness (QED) is 0.220. The van der Waals surface area contributed by atoms with Gasteiger partial charge in [0.1, 0.15) is 0 Å². The Morgan fingerprint density at radius 3 is 2.45 bits per heavy atom. The smallest absolute Gasteiger partial charge is 0.303 e. The summed E-state index contributed by atoms with van der Waals surface area (Å²) in [5.74, 6) is -2.36. The van der Waals surface area contributed by atoms with Crippen LogP contribution in [0.15, 0.2) is 0 Å². The van der Waals surface area contributed by atoms with Gasteiger partial charge >= 0.3 is 5.97 Å². The van der Waals surface area contributed by atoms with Gasteiger partial charge in [-0.05, 0) is 19.3 Å². The molecule has 10 heteroatoms. The van der Waals surface area contributed by atoms with Crippen molar-refractivity contribution in [3.05, 3.63) is 0 Å². The number of hydrogen-bond acceptors (Lipinski definition) is 6. The van der Waals surface area contributed by atoms with E-state index in [0.717, 1.165) is 24.3 Å². The number of nitrogens with one attached hydrogen (secondary N) is 2. The summed E-state index contributed by atoms with van der Waals surface area (Å²) in [6, 6.07) is -1.35. The van der Waals surface area contributed by atoms with E-state index < -0.39 is 33.8 Å². The number of aliphatic carboxylic acids is 1. The average molecular weight is 339 g/mol. The molecule has 22 heavy (non-hydrogen) atoms. The molecule has 0 bridgehead atoms. The maximum Gasteiger partial charge on any atom is 0.303 e. The first-order chi connectivity index (χ1) is 10.1. The third-order valence-corrected chi connectivity index (χ3v) is 3.83. The zero-order chi connectivity index (χ0) is 17.2. The van der Waals surface area contributed by atoms with E-state index in [-0.39, 0.29) is 6.42 Å². The maximum absolute atomic E-state index is 11.5. The predicted molar refractivity (Wildman–Crippen MR) is 78.3 cm³/mol. The molecule has 0 rings (SSSR count). The average Bonchev–Trinajstić information content (AvgIpc) is 2.35. The standard InChI is InChI=1S/C12H25N3O6S/c1-15(7-4-2-3-5-11(16)17)8-6-14-12(18)10(13)9-22(19,20)21/h10H,2-9,13H2,1H3,(H,14,18)(H,16,17)(H,19,20,21)/t10-/m0/s1. The molecular formula is C12H25N3O6S. The first kappa shape index (κ1) is 20.8. The van der Waals surface area contributed by atoms with E-state index in [0.29, 0.717) is 19.5 Å². The van der Waals surface area contributed by atoms with Crippen LogP contribution in [-0.2, 0) is 19.7 Å². The minimum absolute atomic E-state index is 0.176. The number of hydrogen-bond donors (Lipinski definition) is 4. The third kappa shape index (κ3) is 12.5. The Morgan fingerprint density at radius 1 is 1.27 bits per heavy atom. The lowest BCUT2D eigenvalue weighted by Crippen LogP contribution is -3.09. The molecule has 0 aromatic heterocycles. The van der Waals surface area contributed by atoms with E-state index >= 15 is 0 Å². The van der Waals surface area contributed by atoms with Gasteiger partial charge in [-0.25, -0.2) is 8.42 Å². The lowest BCUT2D eigenvalue weighted by Gasteiger charge is -2.16. The number of unbranched alkanes of at least 4 members (excludes halogenated alkanes) is 2. The zero-order valence-electron chi connectivity index (χ0n) is 12.7. The molecule has 0 radical (unpaired) electrons. The molecule has 0 aromatic carbocycles. The van der Waals surface area contributed by atoms with Crippen molar-refractivity contribution in [3.63, 3.8) is 0 Å². The van der Waals surface area contributed by atoms with E-state index in [9.17, 15) is 22.6 Å². The molecule has 0 aliphatic heterocycles. The second-order valence-electron chi connectivity index (χ2n) is 5.28. The van der Waals surface area contributed by atoms with Gasteiger partial charge in [0.2, 0.25) is 5.91 Å². The van der Waals surface area contributed by atoms with Gasteiger partial charge in [0.25, 0.3) is 0 Å². The lowest BCUT2D eigenvalue weighted by atomic mass is 10.2. The highest BCUT2D eigenvalue weighted by Crippen LogP contribution is 1.97. The third-order valence-electron chi connectivity index (χ3n) is 3.07. The first-order valence-electron chi connectivity index (χ1n) is 7.12. The Bertz CT molecular complexity index is 454. The molecule has 1 amide bonds. The Kier molecular flexibility index (Phi) is 9.90. The fourth-order valence-electron chi connectivity index (χ4n) is 1.83. The zero-order valence-corrected chi connectivity index (χ0v) is 13.5. The summed E-state index contributed by atoms with van der Waals surface area (Å²) in [5, 5.41) is 11.0. The van der Waals surface area contributed by atoms with Crippen molar-refractivity contribution >= 4 is 22.0 Å². The van der Waals surface area contributed by atoms with Crippen LogP contribution in [0.5, 0.6) is 0 Å². The SMILES string of the molecule is C[NH+](CCCCCC(=O)O)CCNC(=O)[C@@H](N)CS(=O)(=O)[O-]. The topological polar surface area (TPSA) is 154 Å². The van der Waals surface area contributed by atoms with Crippen LogP contribution in [0.2, 0.25) is 0 Å². The molecule has 2 atom stereocenters. The number of carbonyl (C=O) groups is 2. The molecule has 0 aliphatic rings. The van der Waals surface area contributed by atoms with Gasteiger partial charge in [-0.2, -0.15) is 0 Å². The Morgan fingerprint density at radius 2 is 1.91 bits per heavy atom. The Hall–Kier alpha value is -1.23.